The molecule has 3 N–H and O–H groups in total. The first-order valence-electron chi connectivity index (χ1n) is 6.21. The molecule has 1 aromatic rings. The lowest BCUT2D eigenvalue weighted by Gasteiger charge is -2.44. The fourth-order valence-electron chi connectivity index (χ4n) is 2.81. The Balaban J connectivity index is 2.35. The summed E-state index contributed by atoms with van der Waals surface area (Å²) >= 11 is 0. The molecule has 1 fully saturated rings. The van der Waals surface area contributed by atoms with Gasteiger partial charge in [-0.25, -0.2) is 0 Å². The Kier molecular flexibility index (Phi) is 3.57. The van der Waals surface area contributed by atoms with E-state index in [2.05, 4.69) is 0 Å². The number of ether oxygens (including phenoxy) is 1. The summed E-state index contributed by atoms with van der Waals surface area (Å²) in [6.07, 6.45) is 2.38. The number of carboxylic acid groups (broad SMARTS) is 1. The van der Waals surface area contributed by atoms with E-state index < -0.39 is 11.4 Å². The number of carbonyl (C=O) groups is 1. The monoisotopic (exact) mass is 249 g/mol. The van der Waals surface area contributed by atoms with Crippen LogP contribution in [0.1, 0.15) is 30.7 Å². The van der Waals surface area contributed by atoms with E-state index in [1.54, 1.807) is 7.11 Å². The number of nitrogens with two attached hydrogens (primary N) is 1. The second kappa shape index (κ2) is 4.98. The van der Waals surface area contributed by atoms with Crippen LogP contribution in [0.2, 0.25) is 0 Å². The minimum Gasteiger partial charge on any atom is -0.497 e. The Morgan fingerprint density at radius 1 is 1.56 bits per heavy atom. The molecule has 0 bridgehead atoms. The van der Waals surface area contributed by atoms with Crippen LogP contribution >= 0.6 is 0 Å². The Morgan fingerprint density at radius 3 is 2.72 bits per heavy atom. The van der Waals surface area contributed by atoms with E-state index in [4.69, 9.17) is 10.5 Å². The van der Waals surface area contributed by atoms with Gasteiger partial charge in [-0.3, -0.25) is 4.79 Å². The normalized spacial score (nSPS) is 18.8. The standard InChI is InChI=1S/C14H19NO3/c1-18-11-5-2-4-10(8-11)12(9-15)14(13(16)17)6-3-7-14/h2,4-5,8,12H,3,6-7,9,15H2,1H3,(H,16,17)/t12-/m1/s1. The number of benzene rings is 1. The van der Waals surface area contributed by atoms with Gasteiger partial charge in [-0.05, 0) is 30.5 Å². The van der Waals surface area contributed by atoms with E-state index in [0.717, 1.165) is 17.7 Å². The Morgan fingerprint density at radius 2 is 2.28 bits per heavy atom. The van der Waals surface area contributed by atoms with Gasteiger partial charge in [0.15, 0.2) is 0 Å². The second-order valence-corrected chi connectivity index (χ2v) is 4.88. The number of carboxylic acids is 1. The average molecular weight is 249 g/mol. The molecule has 0 heterocycles. The molecule has 0 radical (unpaired) electrons. The first-order valence-corrected chi connectivity index (χ1v) is 6.21. The zero-order valence-electron chi connectivity index (χ0n) is 10.6. The quantitative estimate of drug-likeness (QED) is 0.837. The van der Waals surface area contributed by atoms with E-state index in [9.17, 15) is 9.90 Å². The van der Waals surface area contributed by atoms with Gasteiger partial charge in [0.1, 0.15) is 5.75 Å². The summed E-state index contributed by atoms with van der Waals surface area (Å²) in [6.45, 7) is 0.347. The lowest BCUT2D eigenvalue weighted by Crippen LogP contribution is -2.45. The molecule has 98 valence electrons. The molecule has 0 amide bonds. The van der Waals surface area contributed by atoms with Crippen molar-refractivity contribution < 1.29 is 14.6 Å². The van der Waals surface area contributed by atoms with E-state index in [1.807, 2.05) is 24.3 Å². The van der Waals surface area contributed by atoms with Crippen LogP contribution in [-0.4, -0.2) is 24.7 Å². The molecular weight excluding hydrogens is 230 g/mol. The van der Waals surface area contributed by atoms with Gasteiger partial charge in [0.05, 0.1) is 12.5 Å². The summed E-state index contributed by atoms with van der Waals surface area (Å²) in [5.41, 5.74) is 6.10. The smallest absolute Gasteiger partial charge is 0.310 e. The van der Waals surface area contributed by atoms with Gasteiger partial charge in [-0.1, -0.05) is 18.6 Å². The molecule has 0 spiro atoms. The zero-order valence-corrected chi connectivity index (χ0v) is 10.6. The van der Waals surface area contributed by atoms with Crippen LogP contribution in [0.3, 0.4) is 0 Å². The summed E-state index contributed by atoms with van der Waals surface area (Å²) < 4.78 is 5.19. The van der Waals surface area contributed by atoms with Crippen molar-refractivity contribution >= 4 is 5.97 Å². The average Bonchev–Trinajstić information content (AvgIpc) is 2.33. The Hall–Kier alpha value is -1.55. The third kappa shape index (κ3) is 1.97. The molecule has 1 atom stereocenters. The van der Waals surface area contributed by atoms with Gasteiger partial charge in [-0.15, -0.1) is 0 Å². The van der Waals surface area contributed by atoms with E-state index in [-0.39, 0.29) is 5.92 Å². The van der Waals surface area contributed by atoms with Gasteiger partial charge in [0, 0.05) is 12.5 Å². The van der Waals surface area contributed by atoms with Crippen LogP contribution in [0.4, 0.5) is 0 Å². The highest BCUT2D eigenvalue weighted by atomic mass is 16.5. The number of rotatable bonds is 5. The topological polar surface area (TPSA) is 72.5 Å². The molecule has 0 aromatic heterocycles. The van der Waals surface area contributed by atoms with Crippen molar-refractivity contribution in [1.29, 1.82) is 0 Å². The summed E-state index contributed by atoms with van der Waals surface area (Å²) in [5, 5.41) is 9.49. The van der Waals surface area contributed by atoms with Crippen molar-refractivity contribution in [2.45, 2.75) is 25.2 Å². The van der Waals surface area contributed by atoms with E-state index in [0.29, 0.717) is 19.4 Å². The predicted octanol–water partition coefficient (Wildman–Crippen LogP) is 1.99. The maximum absolute atomic E-state index is 11.5. The van der Waals surface area contributed by atoms with Crippen LogP contribution in [0.25, 0.3) is 0 Å². The first-order chi connectivity index (χ1) is 8.64. The van der Waals surface area contributed by atoms with Crippen molar-refractivity contribution in [1.82, 2.24) is 0 Å². The third-order valence-electron chi connectivity index (χ3n) is 4.07. The first kappa shape index (κ1) is 12.9. The second-order valence-electron chi connectivity index (χ2n) is 4.88. The molecule has 4 heteroatoms. The van der Waals surface area contributed by atoms with Crippen LogP contribution < -0.4 is 10.5 Å². The van der Waals surface area contributed by atoms with Gasteiger partial charge in [-0.2, -0.15) is 0 Å². The van der Waals surface area contributed by atoms with Crippen LogP contribution in [0.5, 0.6) is 5.75 Å². The minimum absolute atomic E-state index is 0.140. The van der Waals surface area contributed by atoms with Crippen molar-refractivity contribution in [2.24, 2.45) is 11.1 Å². The zero-order chi connectivity index (χ0) is 13.2. The molecule has 0 unspecified atom stereocenters. The molecule has 18 heavy (non-hydrogen) atoms. The maximum Gasteiger partial charge on any atom is 0.310 e. The Bertz CT molecular complexity index is 440. The fourth-order valence-corrected chi connectivity index (χ4v) is 2.81. The van der Waals surface area contributed by atoms with Crippen molar-refractivity contribution in [3.8, 4) is 5.75 Å². The predicted molar refractivity (Wildman–Crippen MR) is 68.7 cm³/mol. The molecule has 1 aliphatic carbocycles. The number of hydrogen-bond acceptors (Lipinski definition) is 3. The highest BCUT2D eigenvalue weighted by Gasteiger charge is 2.50. The molecule has 4 nitrogen and oxygen atoms in total. The van der Waals surface area contributed by atoms with Gasteiger partial charge in [0.25, 0.3) is 0 Å². The minimum atomic E-state index is -0.730. The largest absolute Gasteiger partial charge is 0.497 e. The molecule has 1 aromatic carbocycles. The van der Waals surface area contributed by atoms with Crippen LogP contribution in [-0.2, 0) is 4.79 Å². The molecule has 2 rings (SSSR count). The molecule has 0 saturated heterocycles. The number of methoxy groups -OCH3 is 1. The van der Waals surface area contributed by atoms with E-state index >= 15 is 0 Å². The number of hydrogen-bond donors (Lipinski definition) is 2. The lowest BCUT2D eigenvalue weighted by atomic mass is 9.59. The summed E-state index contributed by atoms with van der Waals surface area (Å²) in [6, 6.07) is 7.56. The van der Waals surface area contributed by atoms with Crippen molar-refractivity contribution in [3.63, 3.8) is 0 Å². The van der Waals surface area contributed by atoms with Gasteiger partial charge in [0.2, 0.25) is 0 Å². The summed E-state index contributed by atoms with van der Waals surface area (Å²) in [4.78, 5) is 11.5. The molecule has 1 saturated carbocycles. The maximum atomic E-state index is 11.5. The SMILES string of the molecule is COc1cccc([C@@H](CN)C2(C(=O)O)CCC2)c1. The molecular formula is C14H19NO3. The van der Waals surface area contributed by atoms with Crippen molar-refractivity contribution in [3.05, 3.63) is 29.8 Å². The van der Waals surface area contributed by atoms with Crippen LogP contribution in [0, 0.1) is 5.41 Å². The van der Waals surface area contributed by atoms with Gasteiger partial charge < -0.3 is 15.6 Å². The summed E-state index contributed by atoms with van der Waals surface area (Å²) in [7, 11) is 1.60. The Labute approximate surface area is 107 Å². The molecule has 0 aliphatic heterocycles. The highest BCUT2D eigenvalue weighted by Crippen LogP contribution is 2.51. The summed E-state index contributed by atoms with van der Waals surface area (Å²) in [5.74, 6) is -0.128. The van der Waals surface area contributed by atoms with Crippen molar-refractivity contribution in [2.75, 3.05) is 13.7 Å². The fraction of sp³-hybridized carbons (Fsp3) is 0.500. The van der Waals surface area contributed by atoms with E-state index in [1.165, 1.54) is 0 Å². The van der Waals surface area contributed by atoms with Gasteiger partial charge >= 0.3 is 5.97 Å². The molecule has 1 aliphatic rings. The van der Waals surface area contributed by atoms with Crippen LogP contribution in [0.15, 0.2) is 24.3 Å². The number of aliphatic carboxylic acids is 1. The third-order valence-corrected chi connectivity index (χ3v) is 4.07. The highest BCUT2D eigenvalue weighted by molar-refractivity contribution is 5.77. The lowest BCUT2D eigenvalue weighted by molar-refractivity contribution is -0.156.